The van der Waals surface area contributed by atoms with Crippen LogP contribution in [0.15, 0.2) is 42.5 Å². The van der Waals surface area contributed by atoms with Crippen molar-refractivity contribution < 1.29 is 14.3 Å². The van der Waals surface area contributed by atoms with Gasteiger partial charge < -0.3 is 14.8 Å². The fraction of sp³-hybridized carbons (Fsp3) is 0.350. The first-order valence-electron chi connectivity index (χ1n) is 8.76. The van der Waals surface area contributed by atoms with E-state index in [0.717, 1.165) is 16.9 Å². The first-order valence-corrected chi connectivity index (χ1v) is 9.51. The van der Waals surface area contributed by atoms with Crippen molar-refractivity contribution in [2.24, 2.45) is 0 Å². The van der Waals surface area contributed by atoms with Crippen molar-refractivity contribution in [2.45, 2.75) is 12.6 Å². The summed E-state index contributed by atoms with van der Waals surface area (Å²) in [7, 11) is 1.62. The summed E-state index contributed by atoms with van der Waals surface area (Å²) in [5.41, 5.74) is 1.71. The first-order chi connectivity index (χ1) is 13.1. The molecule has 0 aromatic heterocycles. The van der Waals surface area contributed by atoms with Gasteiger partial charge in [0.2, 0.25) is 5.91 Å². The summed E-state index contributed by atoms with van der Waals surface area (Å²) >= 11 is 12.4. The number of halogens is 2. The second-order valence-corrected chi connectivity index (χ2v) is 7.13. The molecule has 1 fully saturated rings. The summed E-state index contributed by atoms with van der Waals surface area (Å²) in [6.07, 6.45) is 0. The maximum Gasteiger partial charge on any atom is 0.242 e. The third-order valence-electron chi connectivity index (χ3n) is 4.52. The zero-order valence-corrected chi connectivity index (χ0v) is 16.6. The lowest BCUT2D eigenvalue weighted by Gasteiger charge is -2.34. The Hall–Kier alpha value is -1.79. The van der Waals surface area contributed by atoms with E-state index in [1.165, 1.54) is 0 Å². The van der Waals surface area contributed by atoms with E-state index >= 15 is 0 Å². The number of amides is 1. The molecule has 1 heterocycles. The summed E-state index contributed by atoms with van der Waals surface area (Å²) in [6.45, 7) is 2.91. The monoisotopic (exact) mass is 408 g/mol. The fourth-order valence-electron chi connectivity index (χ4n) is 3.13. The molecule has 144 valence electrons. The van der Waals surface area contributed by atoms with Gasteiger partial charge in [-0.25, -0.2) is 0 Å². The number of ether oxygens (including phenoxy) is 2. The second-order valence-electron chi connectivity index (χ2n) is 6.29. The van der Waals surface area contributed by atoms with Gasteiger partial charge in [-0.1, -0.05) is 41.4 Å². The number of nitrogens with one attached hydrogen (secondary N) is 1. The predicted molar refractivity (Wildman–Crippen MR) is 106 cm³/mol. The van der Waals surface area contributed by atoms with Crippen molar-refractivity contribution in [3.05, 3.63) is 63.6 Å². The lowest BCUT2D eigenvalue weighted by atomic mass is 10.0. The molecular formula is C20H22Cl2N2O3. The zero-order valence-electron chi connectivity index (χ0n) is 15.1. The summed E-state index contributed by atoms with van der Waals surface area (Å²) in [6, 6.07) is 12.4. The minimum Gasteiger partial charge on any atom is -0.497 e. The average molecular weight is 409 g/mol. The van der Waals surface area contributed by atoms with Gasteiger partial charge in [0.25, 0.3) is 0 Å². The quantitative estimate of drug-likeness (QED) is 0.791. The van der Waals surface area contributed by atoms with Gasteiger partial charge in [-0.05, 0) is 35.4 Å². The van der Waals surface area contributed by atoms with Gasteiger partial charge in [0, 0.05) is 29.7 Å². The molecule has 2 aromatic carbocycles. The average Bonchev–Trinajstić information content (AvgIpc) is 2.69. The molecule has 0 unspecified atom stereocenters. The number of morpholine rings is 1. The Kier molecular flexibility index (Phi) is 6.96. The number of carbonyl (C=O) groups is 1. The van der Waals surface area contributed by atoms with E-state index in [1.54, 1.807) is 19.2 Å². The van der Waals surface area contributed by atoms with Gasteiger partial charge in [-0.3, -0.25) is 9.69 Å². The first kappa shape index (κ1) is 20.0. The highest BCUT2D eigenvalue weighted by molar-refractivity contribution is 6.35. The van der Waals surface area contributed by atoms with Crippen LogP contribution in [0.1, 0.15) is 17.2 Å². The standard InChI is InChI=1S/C20H22Cl2N2O3/c1-26-16-4-2-3-14(11-16)13-23-20(25)19(24-7-9-27-10-8-24)17-6-5-15(21)12-18(17)22/h2-6,11-12,19H,7-10,13H2,1H3,(H,23,25)/t19-/m0/s1. The molecule has 27 heavy (non-hydrogen) atoms. The SMILES string of the molecule is COc1cccc(CNC(=O)[C@H](c2ccc(Cl)cc2Cl)N2CCOCC2)c1. The van der Waals surface area contributed by atoms with Crippen LogP contribution < -0.4 is 10.1 Å². The summed E-state index contributed by atoms with van der Waals surface area (Å²) < 4.78 is 10.7. The molecule has 1 atom stereocenters. The van der Waals surface area contributed by atoms with Crippen LogP contribution in [-0.4, -0.2) is 44.2 Å². The van der Waals surface area contributed by atoms with Crippen LogP contribution in [0.2, 0.25) is 10.0 Å². The van der Waals surface area contributed by atoms with Crippen molar-refractivity contribution >= 4 is 29.1 Å². The molecule has 1 saturated heterocycles. The molecule has 5 nitrogen and oxygen atoms in total. The van der Waals surface area contributed by atoms with Crippen LogP contribution in [0, 0.1) is 0 Å². The van der Waals surface area contributed by atoms with Crippen molar-refractivity contribution in [3.8, 4) is 5.75 Å². The minimum absolute atomic E-state index is 0.107. The molecule has 1 aliphatic rings. The van der Waals surface area contributed by atoms with Gasteiger partial charge in [0.05, 0.1) is 20.3 Å². The van der Waals surface area contributed by atoms with E-state index < -0.39 is 6.04 Å². The van der Waals surface area contributed by atoms with E-state index in [4.69, 9.17) is 32.7 Å². The second kappa shape index (κ2) is 9.42. The van der Waals surface area contributed by atoms with E-state index in [0.29, 0.717) is 42.9 Å². The highest BCUT2D eigenvalue weighted by Crippen LogP contribution is 2.31. The van der Waals surface area contributed by atoms with E-state index in [-0.39, 0.29) is 5.91 Å². The van der Waals surface area contributed by atoms with Crippen molar-refractivity contribution in [1.29, 1.82) is 0 Å². The maximum absolute atomic E-state index is 13.1. The molecule has 1 amide bonds. The Morgan fingerprint density at radius 3 is 2.70 bits per heavy atom. The highest BCUT2D eigenvalue weighted by Gasteiger charge is 2.30. The van der Waals surface area contributed by atoms with Gasteiger partial charge in [-0.15, -0.1) is 0 Å². The van der Waals surface area contributed by atoms with Gasteiger partial charge in [-0.2, -0.15) is 0 Å². The van der Waals surface area contributed by atoms with Crippen LogP contribution in [-0.2, 0) is 16.1 Å². The van der Waals surface area contributed by atoms with Crippen LogP contribution >= 0.6 is 23.2 Å². The zero-order chi connectivity index (χ0) is 19.2. The van der Waals surface area contributed by atoms with Crippen LogP contribution in [0.5, 0.6) is 5.75 Å². The maximum atomic E-state index is 13.1. The van der Waals surface area contributed by atoms with Crippen LogP contribution in [0.3, 0.4) is 0 Å². The molecule has 0 aliphatic carbocycles. The van der Waals surface area contributed by atoms with Gasteiger partial charge in [0.1, 0.15) is 11.8 Å². The minimum atomic E-state index is -0.496. The van der Waals surface area contributed by atoms with E-state index in [9.17, 15) is 4.79 Å². The molecule has 3 rings (SSSR count). The van der Waals surface area contributed by atoms with Gasteiger partial charge >= 0.3 is 0 Å². The molecule has 0 bridgehead atoms. The summed E-state index contributed by atoms with van der Waals surface area (Å²) in [4.78, 5) is 15.2. The third-order valence-corrected chi connectivity index (χ3v) is 5.08. The lowest BCUT2D eigenvalue weighted by molar-refractivity contribution is -0.128. The number of nitrogens with zero attached hydrogens (tertiary/aromatic N) is 1. The molecule has 1 N–H and O–H groups in total. The normalized spacial score (nSPS) is 16.0. The molecule has 2 aromatic rings. The Labute approximate surface area is 169 Å². The van der Waals surface area contributed by atoms with E-state index in [1.807, 2.05) is 30.3 Å². The van der Waals surface area contributed by atoms with Crippen molar-refractivity contribution in [2.75, 3.05) is 33.4 Å². The number of rotatable bonds is 6. The molecule has 0 saturated carbocycles. The molecule has 0 spiro atoms. The topological polar surface area (TPSA) is 50.8 Å². The van der Waals surface area contributed by atoms with E-state index in [2.05, 4.69) is 10.2 Å². The summed E-state index contributed by atoms with van der Waals surface area (Å²) in [5, 5.41) is 4.04. The molecular weight excluding hydrogens is 387 g/mol. The molecule has 0 radical (unpaired) electrons. The Morgan fingerprint density at radius 2 is 2.00 bits per heavy atom. The van der Waals surface area contributed by atoms with Crippen LogP contribution in [0.25, 0.3) is 0 Å². The smallest absolute Gasteiger partial charge is 0.242 e. The Balaban J connectivity index is 1.79. The number of carbonyl (C=O) groups excluding carboxylic acids is 1. The number of benzene rings is 2. The van der Waals surface area contributed by atoms with Crippen molar-refractivity contribution in [1.82, 2.24) is 10.2 Å². The fourth-order valence-corrected chi connectivity index (χ4v) is 3.64. The lowest BCUT2D eigenvalue weighted by Crippen LogP contribution is -2.45. The van der Waals surface area contributed by atoms with Gasteiger partial charge in [0.15, 0.2) is 0 Å². The summed E-state index contributed by atoms with van der Waals surface area (Å²) in [5.74, 6) is 0.649. The predicted octanol–water partition coefficient (Wildman–Crippen LogP) is 3.69. The molecule has 1 aliphatic heterocycles. The molecule has 7 heteroatoms. The largest absolute Gasteiger partial charge is 0.497 e. The number of hydrogen-bond donors (Lipinski definition) is 1. The number of hydrogen-bond acceptors (Lipinski definition) is 4. The highest BCUT2D eigenvalue weighted by atomic mass is 35.5. The Morgan fingerprint density at radius 1 is 1.22 bits per heavy atom. The third kappa shape index (κ3) is 5.14. The Bertz CT molecular complexity index is 795. The number of methoxy groups -OCH3 is 1. The van der Waals surface area contributed by atoms with Crippen molar-refractivity contribution in [3.63, 3.8) is 0 Å². The van der Waals surface area contributed by atoms with Crippen LogP contribution in [0.4, 0.5) is 0 Å².